The lowest BCUT2D eigenvalue weighted by atomic mass is 10.1. The van der Waals surface area contributed by atoms with Gasteiger partial charge in [0.05, 0.1) is 16.8 Å². The van der Waals surface area contributed by atoms with Crippen LogP contribution in [-0.2, 0) is 0 Å². The van der Waals surface area contributed by atoms with Gasteiger partial charge in [-0.3, -0.25) is 0 Å². The van der Waals surface area contributed by atoms with Crippen molar-refractivity contribution in [3.05, 3.63) is 81.0 Å². The van der Waals surface area contributed by atoms with E-state index in [9.17, 15) is 15.2 Å². The molecule has 0 bridgehead atoms. The first kappa shape index (κ1) is 16.8. The van der Waals surface area contributed by atoms with Crippen molar-refractivity contribution in [1.29, 1.82) is 5.26 Å². The monoisotopic (exact) mass is 372 g/mol. The lowest BCUT2D eigenvalue weighted by Crippen LogP contribution is -2.02. The topological polar surface area (TPSA) is 87.1 Å². The Morgan fingerprint density at radius 3 is 2.85 bits per heavy atom. The number of phenols is 1. The van der Waals surface area contributed by atoms with Gasteiger partial charge in [-0.05, 0) is 35.9 Å². The number of hydrogen-bond acceptors (Lipinski definition) is 6. The molecule has 0 amide bonds. The maximum atomic E-state index is 12.3. The molecule has 4 rings (SSSR count). The van der Waals surface area contributed by atoms with Crippen LogP contribution in [0.5, 0.6) is 5.75 Å². The Hall–Kier alpha value is -3.69. The number of benzene rings is 2. The van der Waals surface area contributed by atoms with Crippen molar-refractivity contribution in [2.24, 2.45) is 0 Å². The molecule has 0 atom stereocenters. The van der Waals surface area contributed by atoms with Crippen LogP contribution in [0.25, 0.3) is 33.9 Å². The van der Waals surface area contributed by atoms with Gasteiger partial charge in [0.15, 0.2) is 0 Å². The molecule has 0 aliphatic rings. The van der Waals surface area contributed by atoms with Gasteiger partial charge in [0.25, 0.3) is 0 Å². The van der Waals surface area contributed by atoms with E-state index in [1.54, 1.807) is 53.9 Å². The quantitative estimate of drug-likeness (QED) is 0.416. The maximum absolute atomic E-state index is 12.3. The van der Waals surface area contributed by atoms with Crippen LogP contribution in [-0.4, -0.2) is 10.1 Å². The Morgan fingerprint density at radius 2 is 2.04 bits per heavy atom. The first-order valence-electron chi connectivity index (χ1n) is 8.04. The molecular weight excluding hydrogens is 360 g/mol. The van der Waals surface area contributed by atoms with Crippen molar-refractivity contribution >= 4 is 34.0 Å². The molecule has 1 N–H and O–H groups in total. The number of hydrogen-bond donors (Lipinski definition) is 1. The van der Waals surface area contributed by atoms with Crippen LogP contribution >= 0.6 is 11.3 Å². The summed E-state index contributed by atoms with van der Waals surface area (Å²) in [6.07, 6.45) is 1.64. The van der Waals surface area contributed by atoms with E-state index in [4.69, 9.17) is 4.42 Å². The van der Waals surface area contributed by atoms with Crippen LogP contribution in [0.3, 0.4) is 0 Å². The molecule has 0 radical (unpaired) electrons. The molecule has 6 heteroatoms. The SMILES string of the molecule is N#C/C(=C/c1cccc(O)c1)c1nc(-c2cc3ccccc3oc2=O)cs1. The zero-order chi connectivity index (χ0) is 18.8. The van der Waals surface area contributed by atoms with E-state index in [0.717, 1.165) is 5.39 Å². The van der Waals surface area contributed by atoms with Gasteiger partial charge in [0.2, 0.25) is 0 Å². The van der Waals surface area contributed by atoms with Crippen molar-refractivity contribution in [3.63, 3.8) is 0 Å². The average Bonchev–Trinajstić information content (AvgIpc) is 3.15. The van der Waals surface area contributed by atoms with Gasteiger partial charge in [0, 0.05) is 10.8 Å². The molecule has 2 aromatic heterocycles. The van der Waals surface area contributed by atoms with Crippen LogP contribution < -0.4 is 5.63 Å². The number of allylic oxidation sites excluding steroid dienone is 1. The lowest BCUT2D eigenvalue weighted by molar-refractivity contribution is 0.475. The third kappa shape index (κ3) is 3.36. The Kier molecular flexibility index (Phi) is 4.29. The van der Waals surface area contributed by atoms with Gasteiger partial charge in [0.1, 0.15) is 22.4 Å². The molecule has 2 aromatic carbocycles. The summed E-state index contributed by atoms with van der Waals surface area (Å²) in [4.78, 5) is 16.7. The first-order chi connectivity index (χ1) is 13.1. The summed E-state index contributed by atoms with van der Waals surface area (Å²) < 4.78 is 5.35. The Labute approximate surface area is 158 Å². The molecule has 0 fully saturated rings. The van der Waals surface area contributed by atoms with Crippen LogP contribution in [0.15, 0.2) is 69.2 Å². The second kappa shape index (κ2) is 6.90. The number of aromatic nitrogens is 1. The molecule has 5 nitrogen and oxygen atoms in total. The predicted molar refractivity (Wildman–Crippen MR) is 105 cm³/mol. The lowest BCUT2D eigenvalue weighted by Gasteiger charge is -1.99. The molecule has 4 aromatic rings. The minimum atomic E-state index is -0.471. The van der Waals surface area contributed by atoms with Gasteiger partial charge in [-0.15, -0.1) is 11.3 Å². The summed E-state index contributed by atoms with van der Waals surface area (Å²) in [5.74, 6) is 0.120. The van der Waals surface area contributed by atoms with Crippen molar-refractivity contribution in [2.45, 2.75) is 0 Å². The minimum absolute atomic E-state index is 0.120. The largest absolute Gasteiger partial charge is 0.508 e. The van der Waals surface area contributed by atoms with Gasteiger partial charge in [-0.1, -0.05) is 30.3 Å². The number of nitrogens with zero attached hydrogens (tertiary/aromatic N) is 2. The van der Waals surface area contributed by atoms with Crippen LogP contribution in [0.1, 0.15) is 10.6 Å². The highest BCUT2D eigenvalue weighted by Crippen LogP contribution is 2.27. The zero-order valence-corrected chi connectivity index (χ0v) is 14.7. The summed E-state index contributed by atoms with van der Waals surface area (Å²) in [6.45, 7) is 0. The Morgan fingerprint density at radius 1 is 1.19 bits per heavy atom. The van der Waals surface area contributed by atoms with Crippen molar-refractivity contribution in [1.82, 2.24) is 4.98 Å². The van der Waals surface area contributed by atoms with E-state index >= 15 is 0 Å². The molecule has 27 heavy (non-hydrogen) atoms. The second-order valence-electron chi connectivity index (χ2n) is 5.79. The fraction of sp³-hybridized carbons (Fsp3) is 0. The number of aromatic hydroxyl groups is 1. The van der Waals surface area contributed by atoms with Crippen molar-refractivity contribution in [2.75, 3.05) is 0 Å². The van der Waals surface area contributed by atoms with Crippen LogP contribution in [0.4, 0.5) is 0 Å². The summed E-state index contributed by atoms with van der Waals surface area (Å²) in [5.41, 5.74) is 1.90. The number of rotatable bonds is 3. The van der Waals surface area contributed by atoms with E-state index in [2.05, 4.69) is 11.1 Å². The highest BCUT2D eigenvalue weighted by molar-refractivity contribution is 7.11. The van der Waals surface area contributed by atoms with Gasteiger partial charge >= 0.3 is 5.63 Å². The highest BCUT2D eigenvalue weighted by atomic mass is 32.1. The standard InChI is InChI=1S/C21H12N2O3S/c22-11-15(8-13-4-3-6-16(24)9-13)20-23-18(12-27-20)17-10-14-5-1-2-7-19(14)26-21(17)25/h1-10,12,24H/b15-8-. The molecule has 0 spiro atoms. The fourth-order valence-corrected chi connectivity index (χ4v) is 3.47. The third-order valence-corrected chi connectivity index (χ3v) is 4.83. The third-order valence-electron chi connectivity index (χ3n) is 3.95. The molecule has 0 saturated heterocycles. The minimum Gasteiger partial charge on any atom is -0.508 e. The zero-order valence-electron chi connectivity index (χ0n) is 13.9. The molecule has 0 aliphatic heterocycles. The summed E-state index contributed by atoms with van der Waals surface area (Å²) in [6, 6.07) is 17.7. The fourth-order valence-electron chi connectivity index (χ4n) is 2.68. The molecule has 0 aliphatic carbocycles. The molecule has 0 saturated carbocycles. The number of nitriles is 1. The van der Waals surface area contributed by atoms with E-state index in [1.165, 1.54) is 11.3 Å². The number of para-hydroxylation sites is 1. The second-order valence-corrected chi connectivity index (χ2v) is 6.65. The van der Waals surface area contributed by atoms with E-state index < -0.39 is 5.63 Å². The average molecular weight is 372 g/mol. The van der Waals surface area contributed by atoms with Crippen LogP contribution in [0, 0.1) is 11.3 Å². The highest BCUT2D eigenvalue weighted by Gasteiger charge is 2.13. The molecular formula is C21H12N2O3S. The Balaban J connectivity index is 1.76. The molecule has 130 valence electrons. The van der Waals surface area contributed by atoms with Crippen molar-refractivity contribution < 1.29 is 9.52 Å². The maximum Gasteiger partial charge on any atom is 0.345 e. The summed E-state index contributed by atoms with van der Waals surface area (Å²) in [7, 11) is 0. The predicted octanol–water partition coefficient (Wildman–Crippen LogP) is 4.69. The summed E-state index contributed by atoms with van der Waals surface area (Å²) >= 11 is 1.27. The van der Waals surface area contributed by atoms with E-state index in [-0.39, 0.29) is 5.75 Å². The van der Waals surface area contributed by atoms with Gasteiger partial charge < -0.3 is 9.52 Å². The smallest absolute Gasteiger partial charge is 0.345 e. The molecule has 2 heterocycles. The number of fused-ring (bicyclic) bond motifs is 1. The number of phenolic OH excluding ortho intramolecular Hbond substituents is 1. The van der Waals surface area contributed by atoms with Crippen molar-refractivity contribution in [3.8, 4) is 23.1 Å². The van der Waals surface area contributed by atoms with Gasteiger partial charge in [-0.25, -0.2) is 9.78 Å². The number of thiazole rings is 1. The van der Waals surface area contributed by atoms with Gasteiger partial charge in [-0.2, -0.15) is 5.26 Å². The van der Waals surface area contributed by atoms with E-state index in [1.807, 2.05) is 12.1 Å². The van der Waals surface area contributed by atoms with E-state index in [0.29, 0.717) is 33.0 Å². The normalized spacial score (nSPS) is 11.4. The van der Waals surface area contributed by atoms with Crippen LogP contribution in [0.2, 0.25) is 0 Å². The Bertz CT molecular complexity index is 1280. The first-order valence-corrected chi connectivity index (χ1v) is 8.92. The molecule has 0 unspecified atom stereocenters. The summed E-state index contributed by atoms with van der Waals surface area (Å²) in [5, 5.41) is 22.1.